The Kier molecular flexibility index (Phi) is 7.15. The topological polar surface area (TPSA) is 90.0 Å². The van der Waals surface area contributed by atoms with E-state index >= 15 is 0 Å². The van der Waals surface area contributed by atoms with Crippen molar-refractivity contribution >= 4 is 17.2 Å². The number of nitriles is 1. The molecular formula is C29H34N6. The average molecular weight is 467 g/mol. The van der Waals surface area contributed by atoms with Crippen LogP contribution >= 0.6 is 0 Å². The van der Waals surface area contributed by atoms with Crippen LogP contribution in [0.3, 0.4) is 0 Å². The fraction of sp³-hybridized carbons (Fsp3) is 0.379. The zero-order valence-electron chi connectivity index (χ0n) is 20.2. The molecular weight excluding hydrogens is 432 g/mol. The Morgan fingerprint density at radius 1 is 0.943 bits per heavy atom. The van der Waals surface area contributed by atoms with Crippen molar-refractivity contribution in [3.05, 3.63) is 72.4 Å². The second-order valence-electron chi connectivity index (χ2n) is 9.77. The van der Waals surface area contributed by atoms with E-state index in [1.807, 2.05) is 42.6 Å². The Morgan fingerprint density at radius 3 is 2.54 bits per heavy atom. The largest absolute Gasteiger partial charge is 0.398 e. The molecule has 2 heterocycles. The third-order valence-corrected chi connectivity index (χ3v) is 7.36. The molecule has 2 aliphatic rings. The number of nitrogen functional groups attached to an aromatic ring is 1. The van der Waals surface area contributed by atoms with Crippen LogP contribution in [0.2, 0.25) is 0 Å². The van der Waals surface area contributed by atoms with Crippen LogP contribution in [0.25, 0.3) is 11.1 Å². The molecule has 6 heteroatoms. The highest BCUT2D eigenvalue weighted by atomic mass is 15.2. The second kappa shape index (κ2) is 10.8. The lowest BCUT2D eigenvalue weighted by molar-refractivity contribution is 0.293. The molecule has 3 aromatic rings. The van der Waals surface area contributed by atoms with Crippen molar-refractivity contribution in [2.24, 2.45) is 0 Å². The first kappa shape index (κ1) is 23.2. The molecule has 2 fully saturated rings. The van der Waals surface area contributed by atoms with E-state index in [0.717, 1.165) is 42.1 Å². The summed E-state index contributed by atoms with van der Waals surface area (Å²) in [7, 11) is 0. The molecule has 0 amide bonds. The Hall–Kier alpha value is -3.56. The highest BCUT2D eigenvalue weighted by molar-refractivity contribution is 5.77. The van der Waals surface area contributed by atoms with Crippen LogP contribution in [0.1, 0.15) is 44.1 Å². The SMILES string of the molecule is N#Cc1ccc(N2CCC[C@H](N[C@@H]3CCCC[C@H]3Nc3cc(-c4ccccc4N)ccn3)C2)cc1. The number of nitrogens with one attached hydrogen (secondary N) is 2. The van der Waals surface area contributed by atoms with Crippen LogP contribution in [0.5, 0.6) is 0 Å². The van der Waals surface area contributed by atoms with Gasteiger partial charge in [-0.05, 0) is 73.7 Å². The summed E-state index contributed by atoms with van der Waals surface area (Å²) in [5.74, 6) is 0.910. The number of pyridine rings is 1. The number of rotatable bonds is 6. The van der Waals surface area contributed by atoms with Crippen molar-refractivity contribution in [3.63, 3.8) is 0 Å². The van der Waals surface area contributed by atoms with Gasteiger partial charge in [-0.2, -0.15) is 5.26 Å². The molecule has 1 saturated heterocycles. The summed E-state index contributed by atoms with van der Waals surface area (Å²) in [6, 6.07) is 23.5. The van der Waals surface area contributed by atoms with Crippen molar-refractivity contribution < 1.29 is 0 Å². The quantitative estimate of drug-likeness (QED) is 0.434. The number of nitrogens with two attached hydrogens (primary N) is 1. The predicted octanol–water partition coefficient (Wildman–Crippen LogP) is 5.18. The first-order valence-electron chi connectivity index (χ1n) is 12.8. The Morgan fingerprint density at radius 2 is 1.74 bits per heavy atom. The van der Waals surface area contributed by atoms with Gasteiger partial charge in [-0.25, -0.2) is 4.98 Å². The standard InChI is InChI=1S/C29H34N6/c30-19-21-11-13-24(14-12-21)35-17-5-6-23(20-35)33-27-9-3-4-10-28(27)34-29-18-22(15-16-32-29)25-7-1-2-8-26(25)31/h1-2,7-8,11-16,18,23,27-28,33H,3-6,9-10,17,20,31H2,(H,32,34)/t23-,27+,28+/m0/s1. The van der Waals surface area contributed by atoms with Crippen molar-refractivity contribution in [1.82, 2.24) is 10.3 Å². The van der Waals surface area contributed by atoms with Crippen molar-refractivity contribution in [3.8, 4) is 17.2 Å². The molecule has 5 rings (SSSR count). The van der Waals surface area contributed by atoms with Gasteiger partial charge >= 0.3 is 0 Å². The summed E-state index contributed by atoms with van der Waals surface area (Å²) in [6.45, 7) is 2.06. The molecule has 1 aliphatic heterocycles. The summed E-state index contributed by atoms with van der Waals surface area (Å²) < 4.78 is 0. The molecule has 0 bridgehead atoms. The normalized spacial score (nSPS) is 22.4. The van der Waals surface area contributed by atoms with Gasteiger partial charge in [-0.3, -0.25) is 0 Å². The Bertz CT molecular complexity index is 1170. The minimum atomic E-state index is 0.352. The monoisotopic (exact) mass is 466 g/mol. The van der Waals surface area contributed by atoms with Crippen LogP contribution in [0.15, 0.2) is 66.9 Å². The predicted molar refractivity (Wildman–Crippen MR) is 143 cm³/mol. The lowest BCUT2D eigenvalue weighted by Gasteiger charge is -2.40. The minimum Gasteiger partial charge on any atom is -0.398 e. The first-order valence-corrected chi connectivity index (χ1v) is 12.8. The van der Waals surface area contributed by atoms with E-state index in [1.165, 1.54) is 37.8 Å². The molecule has 35 heavy (non-hydrogen) atoms. The van der Waals surface area contributed by atoms with Gasteiger partial charge in [0, 0.05) is 54.4 Å². The highest BCUT2D eigenvalue weighted by Crippen LogP contribution is 2.29. The third kappa shape index (κ3) is 5.58. The van der Waals surface area contributed by atoms with Gasteiger partial charge in [0.05, 0.1) is 11.6 Å². The molecule has 1 aromatic heterocycles. The van der Waals surface area contributed by atoms with E-state index in [4.69, 9.17) is 11.0 Å². The van der Waals surface area contributed by atoms with Gasteiger partial charge in [-0.1, -0.05) is 31.0 Å². The number of aromatic nitrogens is 1. The lowest BCUT2D eigenvalue weighted by atomic mass is 9.89. The van der Waals surface area contributed by atoms with Gasteiger partial charge in [-0.15, -0.1) is 0 Å². The number of piperidine rings is 1. The molecule has 2 aromatic carbocycles. The molecule has 0 spiro atoms. The fourth-order valence-corrected chi connectivity index (χ4v) is 5.53. The molecule has 4 N–H and O–H groups in total. The zero-order valence-corrected chi connectivity index (χ0v) is 20.2. The van der Waals surface area contributed by atoms with E-state index in [0.29, 0.717) is 23.7 Å². The van der Waals surface area contributed by atoms with E-state index < -0.39 is 0 Å². The number of nitrogens with zero attached hydrogens (tertiary/aromatic N) is 3. The zero-order chi connectivity index (χ0) is 24.0. The molecule has 1 saturated carbocycles. The number of para-hydroxylation sites is 1. The molecule has 3 atom stereocenters. The maximum Gasteiger partial charge on any atom is 0.126 e. The average Bonchev–Trinajstić information content (AvgIpc) is 2.90. The van der Waals surface area contributed by atoms with E-state index in [-0.39, 0.29) is 0 Å². The van der Waals surface area contributed by atoms with Crippen molar-refractivity contribution in [2.75, 3.05) is 29.0 Å². The fourth-order valence-electron chi connectivity index (χ4n) is 5.53. The lowest BCUT2D eigenvalue weighted by Crippen LogP contribution is -2.54. The summed E-state index contributed by atoms with van der Waals surface area (Å²) in [6.07, 6.45) is 9.05. The van der Waals surface area contributed by atoms with Gasteiger partial charge in [0.1, 0.15) is 5.82 Å². The van der Waals surface area contributed by atoms with Crippen molar-refractivity contribution in [1.29, 1.82) is 5.26 Å². The van der Waals surface area contributed by atoms with Crippen LogP contribution in [0.4, 0.5) is 17.2 Å². The highest BCUT2D eigenvalue weighted by Gasteiger charge is 2.29. The summed E-state index contributed by atoms with van der Waals surface area (Å²) in [4.78, 5) is 7.07. The van der Waals surface area contributed by atoms with E-state index in [9.17, 15) is 0 Å². The molecule has 0 radical (unpaired) electrons. The molecule has 6 nitrogen and oxygen atoms in total. The second-order valence-corrected chi connectivity index (χ2v) is 9.77. The Balaban J connectivity index is 1.25. The summed E-state index contributed by atoms with van der Waals surface area (Å²) in [5.41, 5.74) is 11.0. The van der Waals surface area contributed by atoms with Crippen LogP contribution in [-0.4, -0.2) is 36.2 Å². The molecule has 1 aliphatic carbocycles. The molecule has 180 valence electrons. The Labute approximate surface area is 208 Å². The number of anilines is 3. The number of hydrogen-bond donors (Lipinski definition) is 3. The van der Waals surface area contributed by atoms with Crippen molar-refractivity contribution in [2.45, 2.75) is 56.7 Å². The smallest absolute Gasteiger partial charge is 0.126 e. The third-order valence-electron chi connectivity index (χ3n) is 7.36. The van der Waals surface area contributed by atoms with Crippen LogP contribution in [0, 0.1) is 11.3 Å². The van der Waals surface area contributed by atoms with E-state index in [2.05, 4.69) is 50.9 Å². The minimum absolute atomic E-state index is 0.352. The first-order chi connectivity index (χ1) is 17.2. The van der Waals surface area contributed by atoms with E-state index in [1.54, 1.807) is 0 Å². The van der Waals surface area contributed by atoms with Gasteiger partial charge < -0.3 is 21.3 Å². The summed E-state index contributed by atoms with van der Waals surface area (Å²) >= 11 is 0. The number of hydrogen-bond acceptors (Lipinski definition) is 6. The van der Waals surface area contributed by atoms with Crippen LogP contribution < -0.4 is 21.3 Å². The maximum absolute atomic E-state index is 9.09. The molecule has 0 unspecified atom stereocenters. The van der Waals surface area contributed by atoms with Crippen LogP contribution in [-0.2, 0) is 0 Å². The summed E-state index contributed by atoms with van der Waals surface area (Å²) in [5, 5.41) is 16.8. The maximum atomic E-state index is 9.09. The van der Waals surface area contributed by atoms with Gasteiger partial charge in [0.2, 0.25) is 0 Å². The van der Waals surface area contributed by atoms with Gasteiger partial charge in [0.15, 0.2) is 0 Å². The number of benzene rings is 2. The van der Waals surface area contributed by atoms with Gasteiger partial charge in [0.25, 0.3) is 0 Å².